The van der Waals surface area contributed by atoms with Crippen LogP contribution >= 0.6 is 0 Å². The number of guanidine groups is 1. The molecule has 9 nitrogen and oxygen atoms in total. The van der Waals surface area contributed by atoms with Crippen molar-refractivity contribution in [2.24, 2.45) is 22.2 Å². The largest absolute Gasteiger partial charge is 0.388 e. The van der Waals surface area contributed by atoms with Gasteiger partial charge in [0.15, 0.2) is 5.96 Å². The lowest BCUT2D eigenvalue weighted by molar-refractivity contribution is 0.590. The summed E-state index contributed by atoms with van der Waals surface area (Å²) in [4.78, 5) is 22.9. The van der Waals surface area contributed by atoms with Gasteiger partial charge in [-0.25, -0.2) is 15.0 Å². The van der Waals surface area contributed by atoms with E-state index >= 15 is 0 Å². The minimum absolute atomic E-state index is 0.0685. The summed E-state index contributed by atoms with van der Waals surface area (Å²) in [5, 5.41) is 7.34. The number of hydrogen-bond donors (Lipinski definition) is 4. The lowest BCUT2D eigenvalue weighted by atomic mass is 9.86. The van der Waals surface area contributed by atoms with Gasteiger partial charge in [0.1, 0.15) is 0 Å². The van der Waals surface area contributed by atoms with Crippen molar-refractivity contribution in [1.29, 1.82) is 5.41 Å². The van der Waals surface area contributed by atoms with Crippen LogP contribution in [0.3, 0.4) is 0 Å². The summed E-state index contributed by atoms with van der Waals surface area (Å²) in [5.74, 6) is 0.277. The van der Waals surface area contributed by atoms with Gasteiger partial charge in [0.05, 0.1) is 58.2 Å². The average molecular weight is 666 g/mol. The third-order valence-corrected chi connectivity index (χ3v) is 8.43. The molecule has 0 saturated heterocycles. The number of aromatic nitrogens is 4. The van der Waals surface area contributed by atoms with Gasteiger partial charge in [0.25, 0.3) is 0 Å². The van der Waals surface area contributed by atoms with E-state index in [2.05, 4.69) is 105 Å². The molecular formula is C41H47N9. The Morgan fingerprint density at radius 3 is 1.82 bits per heavy atom. The number of benzene rings is 4. The average Bonchev–Trinajstić information content (AvgIpc) is 3.09. The Balaban J connectivity index is 0.000000194. The molecule has 2 heterocycles. The zero-order valence-corrected chi connectivity index (χ0v) is 29.8. The molecule has 0 amide bonds. The maximum atomic E-state index is 7.34. The van der Waals surface area contributed by atoms with Gasteiger partial charge < -0.3 is 17.2 Å². The highest BCUT2D eigenvalue weighted by atomic mass is 15.0. The third-order valence-electron chi connectivity index (χ3n) is 8.43. The molecule has 6 rings (SSSR count). The van der Waals surface area contributed by atoms with Crippen LogP contribution in [0, 0.1) is 5.41 Å². The van der Waals surface area contributed by atoms with E-state index in [1.807, 2.05) is 48.8 Å². The first kappa shape index (κ1) is 35.6. The molecule has 0 saturated carbocycles. The van der Waals surface area contributed by atoms with E-state index in [4.69, 9.17) is 32.6 Å². The van der Waals surface area contributed by atoms with Crippen molar-refractivity contribution in [2.45, 2.75) is 71.8 Å². The van der Waals surface area contributed by atoms with Crippen molar-refractivity contribution in [3.05, 3.63) is 120 Å². The predicted molar refractivity (Wildman–Crippen MR) is 207 cm³/mol. The van der Waals surface area contributed by atoms with Crippen LogP contribution in [0.15, 0.2) is 102 Å². The molecule has 50 heavy (non-hydrogen) atoms. The van der Waals surface area contributed by atoms with E-state index < -0.39 is 0 Å². The van der Waals surface area contributed by atoms with Crippen LogP contribution in [0.25, 0.3) is 44.6 Å². The number of hydrogen-bond acceptors (Lipinski definition) is 6. The molecule has 0 unspecified atom stereocenters. The van der Waals surface area contributed by atoms with Crippen LogP contribution < -0.4 is 17.2 Å². The molecule has 0 fully saturated rings. The second kappa shape index (κ2) is 14.8. The van der Waals surface area contributed by atoms with Gasteiger partial charge in [0, 0.05) is 23.1 Å². The normalized spacial score (nSPS) is 11.6. The number of nitrogens with one attached hydrogen (secondary N) is 1. The second-order valence-corrected chi connectivity index (χ2v) is 14.5. The smallest absolute Gasteiger partial charge is 0.186 e. The monoisotopic (exact) mass is 665 g/mol. The molecule has 0 spiro atoms. The molecule has 0 radical (unpaired) electrons. The molecule has 0 bridgehead atoms. The van der Waals surface area contributed by atoms with Crippen LogP contribution in [0.2, 0.25) is 0 Å². The molecule has 9 heteroatoms. The fourth-order valence-corrected chi connectivity index (χ4v) is 5.45. The molecular weight excluding hydrogens is 619 g/mol. The Labute approximate surface area is 294 Å². The predicted octanol–water partition coefficient (Wildman–Crippen LogP) is 7.83. The van der Waals surface area contributed by atoms with Gasteiger partial charge in [0.2, 0.25) is 0 Å². The standard InChI is InChI=1S/C21H24N4.C20H23N5/c1-21(2,3)16-6-4-5-15(12-16)19-13-24-18-11-14(8-10-20(22)23)7-9-17(18)25-19;1-20(2,3)15-8-4-6-13(10-15)17-12-23-16-9-5-7-14(18(16)25-17)11-24-19(21)22/h4-7,9,11-13H,8,10H2,1-3H3,(H3,22,23);4-10,12H,11H2,1-3H3,(H4,21,22,24). The molecule has 0 atom stereocenters. The van der Waals surface area contributed by atoms with E-state index in [1.54, 1.807) is 0 Å². The van der Waals surface area contributed by atoms with E-state index in [-0.39, 0.29) is 22.6 Å². The number of aliphatic imine (C=N–C) groups is 1. The van der Waals surface area contributed by atoms with Gasteiger partial charge >= 0.3 is 0 Å². The summed E-state index contributed by atoms with van der Waals surface area (Å²) in [6.45, 7) is 13.6. The molecule has 2 aromatic heterocycles. The fraction of sp³-hybridized carbons (Fsp3) is 0.268. The molecule has 256 valence electrons. The van der Waals surface area contributed by atoms with Crippen LogP contribution in [-0.2, 0) is 23.8 Å². The second-order valence-electron chi connectivity index (χ2n) is 14.5. The topological polar surface area (TPSA) is 166 Å². The summed E-state index contributed by atoms with van der Waals surface area (Å²) >= 11 is 0. The SMILES string of the molecule is CC(C)(C)c1cccc(-c2cnc3cc(CCC(=N)N)ccc3n2)c1.CC(C)(C)c1cccc(-c2cnc3cccc(CN=C(N)N)c3n2)c1. The van der Waals surface area contributed by atoms with Gasteiger partial charge in [-0.2, -0.15) is 0 Å². The first-order chi connectivity index (χ1) is 23.7. The van der Waals surface area contributed by atoms with E-state index in [1.165, 1.54) is 11.1 Å². The third kappa shape index (κ3) is 9.05. The van der Waals surface area contributed by atoms with Crippen molar-refractivity contribution >= 4 is 33.9 Å². The zero-order chi connectivity index (χ0) is 36.1. The number of rotatable bonds is 7. The lowest BCUT2D eigenvalue weighted by Gasteiger charge is -2.19. The zero-order valence-electron chi connectivity index (χ0n) is 29.8. The van der Waals surface area contributed by atoms with Crippen molar-refractivity contribution in [1.82, 2.24) is 19.9 Å². The van der Waals surface area contributed by atoms with Gasteiger partial charge in [-0.3, -0.25) is 15.4 Å². The number of nitrogens with two attached hydrogens (primary N) is 3. The summed E-state index contributed by atoms with van der Waals surface area (Å²) in [7, 11) is 0. The molecule has 4 aromatic carbocycles. The first-order valence-corrected chi connectivity index (χ1v) is 16.8. The van der Waals surface area contributed by atoms with Gasteiger partial charge in [-0.15, -0.1) is 0 Å². The Kier molecular flexibility index (Phi) is 10.6. The number of fused-ring (bicyclic) bond motifs is 2. The molecule has 0 aliphatic rings. The van der Waals surface area contributed by atoms with Crippen LogP contribution in [-0.4, -0.2) is 31.7 Å². The number of amidine groups is 1. The van der Waals surface area contributed by atoms with E-state index in [9.17, 15) is 0 Å². The van der Waals surface area contributed by atoms with E-state index in [0.717, 1.165) is 62.1 Å². The summed E-state index contributed by atoms with van der Waals surface area (Å²) in [6.07, 6.45) is 4.96. The Morgan fingerprint density at radius 1 is 0.660 bits per heavy atom. The van der Waals surface area contributed by atoms with Crippen molar-refractivity contribution < 1.29 is 0 Å². The molecule has 0 aliphatic heterocycles. The van der Waals surface area contributed by atoms with Crippen LogP contribution in [0.5, 0.6) is 0 Å². The van der Waals surface area contributed by atoms with Gasteiger partial charge in [-0.1, -0.05) is 96.1 Å². The first-order valence-electron chi connectivity index (χ1n) is 16.8. The fourth-order valence-electron chi connectivity index (χ4n) is 5.45. The highest BCUT2D eigenvalue weighted by Gasteiger charge is 2.16. The molecule has 7 N–H and O–H groups in total. The maximum Gasteiger partial charge on any atom is 0.186 e. The summed E-state index contributed by atoms with van der Waals surface area (Å²) < 4.78 is 0. The Hall–Kier alpha value is -5.70. The van der Waals surface area contributed by atoms with Crippen molar-refractivity contribution in [2.75, 3.05) is 0 Å². The molecule has 6 aromatic rings. The number of aryl methyl sites for hydroxylation is 1. The van der Waals surface area contributed by atoms with E-state index in [0.29, 0.717) is 13.0 Å². The highest BCUT2D eigenvalue weighted by Crippen LogP contribution is 2.29. The van der Waals surface area contributed by atoms with Gasteiger partial charge in [-0.05, 0) is 64.3 Å². The minimum atomic E-state index is 0.0685. The summed E-state index contributed by atoms with van der Waals surface area (Å²) in [5.41, 5.74) is 28.4. The lowest BCUT2D eigenvalue weighted by Crippen LogP contribution is -2.22. The number of nitrogens with zero attached hydrogens (tertiary/aromatic N) is 5. The minimum Gasteiger partial charge on any atom is -0.388 e. The number of para-hydroxylation sites is 1. The summed E-state index contributed by atoms with van der Waals surface area (Å²) in [6, 6.07) is 28.8. The van der Waals surface area contributed by atoms with Crippen LogP contribution in [0.4, 0.5) is 0 Å². The Bertz CT molecular complexity index is 2170. The van der Waals surface area contributed by atoms with Crippen molar-refractivity contribution in [3.8, 4) is 22.5 Å². The maximum absolute atomic E-state index is 7.34. The van der Waals surface area contributed by atoms with Crippen LogP contribution in [0.1, 0.15) is 70.2 Å². The molecule has 0 aliphatic carbocycles. The highest BCUT2D eigenvalue weighted by molar-refractivity contribution is 5.82. The van der Waals surface area contributed by atoms with Crippen molar-refractivity contribution in [3.63, 3.8) is 0 Å². The Morgan fingerprint density at radius 2 is 1.24 bits per heavy atom. The quantitative estimate of drug-likeness (QED) is 0.0996.